The SMILES string of the molecule is CB1C(N2c3nccnc3N(C)[C@H]2C)CC1N1c2nccnc2N(C)[C@@H]1C.Cc1cccc(-c2ccc(C3C[C@H]3C)[n+](C)c2)c1.Cc1cccc(-c2ccc(C3C[C@H]3C)[n+](C)c2)c1C.[2H]C([2H])([2H])c1ccc(-c2ccc(C3C[C@H]3C)[n+](C)c2)cc1. The Balaban J connectivity index is 0.000000120. The molecule has 3 aliphatic carbocycles. The lowest BCUT2D eigenvalue weighted by molar-refractivity contribution is -0.679. The normalized spacial score (nSPS) is 24.9. The van der Waals surface area contributed by atoms with Crippen LogP contribution in [0.15, 0.2) is 147 Å². The molecular weight excluding hydrogens is 1010 g/mol. The highest BCUT2D eigenvalue weighted by Gasteiger charge is 2.54. The van der Waals surface area contributed by atoms with Gasteiger partial charge in [0.2, 0.25) is 0 Å². The van der Waals surface area contributed by atoms with E-state index in [1.54, 1.807) is 36.9 Å². The van der Waals surface area contributed by atoms with Crippen LogP contribution in [-0.2, 0) is 21.1 Å². The molecule has 1 saturated heterocycles. The molecule has 0 radical (unpaired) electrons. The highest BCUT2D eigenvalue weighted by molar-refractivity contribution is 6.65. The van der Waals surface area contributed by atoms with Crippen LogP contribution in [0.1, 0.15) is 122 Å². The smallest absolute Gasteiger partial charge is 0.191 e. The topological polar surface area (TPSA) is 76.2 Å². The Hall–Kier alpha value is -7.47. The van der Waals surface area contributed by atoms with Gasteiger partial charge in [0.05, 0.1) is 0 Å². The predicted octanol–water partition coefficient (Wildman–Crippen LogP) is 12.7. The summed E-state index contributed by atoms with van der Waals surface area (Å²) in [5, 5.41) is 0. The average molecular weight is 1100 g/mol. The maximum Gasteiger partial charge on any atom is 0.191 e. The van der Waals surface area contributed by atoms with Crippen LogP contribution in [0.2, 0.25) is 6.82 Å². The molecule has 82 heavy (non-hydrogen) atoms. The van der Waals surface area contributed by atoms with E-state index in [1.807, 2.05) is 12.1 Å². The Morgan fingerprint density at radius 2 is 0.890 bits per heavy atom. The van der Waals surface area contributed by atoms with Crippen molar-refractivity contribution < 1.29 is 17.8 Å². The first kappa shape index (κ1) is 52.6. The summed E-state index contributed by atoms with van der Waals surface area (Å²) < 4.78 is 29.0. The lowest BCUT2D eigenvalue weighted by Crippen LogP contribution is -2.70. The van der Waals surface area contributed by atoms with Crippen molar-refractivity contribution in [3.63, 3.8) is 0 Å². The van der Waals surface area contributed by atoms with E-state index in [9.17, 15) is 0 Å². The van der Waals surface area contributed by atoms with E-state index in [-0.39, 0.29) is 12.3 Å². The van der Waals surface area contributed by atoms with E-state index < -0.39 is 6.85 Å². The quantitative estimate of drug-likeness (QED) is 0.110. The molecule has 0 N–H and O–H groups in total. The van der Waals surface area contributed by atoms with Crippen LogP contribution in [0.25, 0.3) is 33.4 Å². The highest BCUT2D eigenvalue weighted by atomic mass is 15.5. The summed E-state index contributed by atoms with van der Waals surface area (Å²) in [6.07, 6.45) is 19.4. The number of benzene rings is 3. The predicted molar refractivity (Wildman–Crippen MR) is 336 cm³/mol. The first-order valence-corrected chi connectivity index (χ1v) is 30.0. The molecule has 3 saturated carbocycles. The fraction of sp³-hybridized carbons (Fsp3) is 0.414. The molecule has 5 aromatic heterocycles. The number of fused-ring (bicyclic) bond motifs is 2. The molecule has 6 aliphatic rings. The van der Waals surface area contributed by atoms with Gasteiger partial charge in [-0.15, -0.1) is 0 Å². The van der Waals surface area contributed by atoms with Crippen molar-refractivity contribution in [2.24, 2.45) is 38.9 Å². The number of anilines is 4. The number of aromatic nitrogens is 7. The number of hydrogen-bond donors (Lipinski definition) is 0. The van der Waals surface area contributed by atoms with Crippen LogP contribution >= 0.6 is 0 Å². The fourth-order valence-electron chi connectivity index (χ4n) is 13.2. The van der Waals surface area contributed by atoms with Gasteiger partial charge in [-0.2, -0.15) is 0 Å². The van der Waals surface area contributed by atoms with Gasteiger partial charge in [-0.05, 0) is 131 Å². The zero-order chi connectivity index (χ0) is 60.3. The van der Waals surface area contributed by atoms with Crippen LogP contribution in [0.4, 0.5) is 23.3 Å². The molecule has 0 spiro atoms. The standard InChI is InChI=1S/C18H25BN8.C18H22N.2C17H20N/c1-11-24(4)15-17(22-8-6-20-15)26(11)13-10-14(19(13)3)27-12(2)25(5)16-18(27)23-9-7-21-16;1-12-6-5-7-16(14(12)3)15-8-9-18(19(4)11-15)17-10-13(17)2;1-12-4-6-14(7-5-12)15-8-9-17(18(3)11-15)16-10-13(16)2;1-12-5-4-6-14(9-12)15-7-8-17(18(3)11-15)16-10-13(16)2/h6-9,11-14H,10H2,1-5H3;5-9,11,13,17H,10H2,1-4H3;2*4-9,11,13,16H,10H2,1-3H3/q;3*+1/t11-,12+,13?,14?;13-,17?;2*13-,16?/m.111/s1/i;;1D3;. The largest absolute Gasteiger partial charge is 0.338 e. The second-order valence-corrected chi connectivity index (χ2v) is 25.0. The molecule has 3 aliphatic heterocycles. The third kappa shape index (κ3) is 11.3. The molecule has 3 aromatic carbocycles. The summed E-state index contributed by atoms with van der Waals surface area (Å²) in [6.45, 7) is 18.8. The van der Waals surface area contributed by atoms with Crippen molar-refractivity contribution in [1.29, 1.82) is 0 Å². The molecule has 8 heterocycles. The summed E-state index contributed by atoms with van der Waals surface area (Å²) in [4.78, 5) is 27.7. The first-order valence-electron chi connectivity index (χ1n) is 31.5. The van der Waals surface area contributed by atoms with Gasteiger partial charge in [0.25, 0.3) is 0 Å². The monoisotopic (exact) mass is 1100 g/mol. The molecule has 14 rings (SSSR count). The van der Waals surface area contributed by atoms with Gasteiger partial charge in [-0.1, -0.05) is 105 Å². The molecule has 5 unspecified atom stereocenters. The van der Waals surface area contributed by atoms with Crippen molar-refractivity contribution in [2.75, 3.05) is 33.7 Å². The molecule has 10 atom stereocenters. The van der Waals surface area contributed by atoms with Gasteiger partial charge >= 0.3 is 0 Å². The Bertz CT molecular complexity index is 3650. The van der Waals surface area contributed by atoms with Crippen molar-refractivity contribution in [3.8, 4) is 33.4 Å². The lowest BCUT2D eigenvalue weighted by atomic mass is 9.29. The summed E-state index contributed by atoms with van der Waals surface area (Å²) in [7, 11) is 10.6. The van der Waals surface area contributed by atoms with Crippen LogP contribution in [0.5, 0.6) is 0 Å². The van der Waals surface area contributed by atoms with E-state index in [1.165, 1.54) is 75.3 Å². The first-order chi connectivity index (χ1) is 40.6. The minimum absolute atomic E-state index is 0.265. The van der Waals surface area contributed by atoms with E-state index in [0.717, 1.165) is 70.4 Å². The Morgan fingerprint density at radius 3 is 1.32 bits per heavy atom. The maximum atomic E-state index is 7.41. The number of aryl methyl sites for hydroxylation is 6. The lowest BCUT2D eigenvalue weighted by Gasteiger charge is -2.52. The summed E-state index contributed by atoms with van der Waals surface area (Å²) in [5.74, 6) is 9.63. The molecule has 12 heteroatoms. The van der Waals surface area contributed by atoms with Crippen molar-refractivity contribution in [2.45, 2.75) is 137 Å². The number of pyridine rings is 3. The number of hydrogen-bond acceptors (Lipinski definition) is 8. The molecule has 4 fully saturated rings. The third-order valence-corrected chi connectivity index (χ3v) is 19.3. The number of nitrogens with zero attached hydrogens (tertiary/aromatic N) is 11. The highest BCUT2D eigenvalue weighted by Crippen LogP contribution is 2.48. The average Bonchev–Trinajstić information content (AvgIpc) is 2.11. The van der Waals surface area contributed by atoms with E-state index in [4.69, 9.17) is 4.11 Å². The second-order valence-electron chi connectivity index (χ2n) is 25.0. The number of rotatable bonds is 8. The molecule has 0 bridgehead atoms. The Morgan fingerprint density at radius 1 is 0.476 bits per heavy atom. The van der Waals surface area contributed by atoms with E-state index >= 15 is 0 Å². The van der Waals surface area contributed by atoms with Gasteiger partial charge in [0, 0.05) is 108 Å². The summed E-state index contributed by atoms with van der Waals surface area (Å²) in [6, 6.07) is 35.9. The Labute approximate surface area is 494 Å². The zero-order valence-corrected chi connectivity index (χ0v) is 51.0. The van der Waals surface area contributed by atoms with E-state index in [2.05, 4.69) is 248 Å². The van der Waals surface area contributed by atoms with Gasteiger partial charge in [-0.3, -0.25) is 0 Å². The Kier molecular flexibility index (Phi) is 14.8. The molecule has 0 amide bonds. The maximum absolute atomic E-state index is 7.41. The van der Waals surface area contributed by atoms with Crippen molar-refractivity contribution in [3.05, 3.63) is 186 Å². The van der Waals surface area contributed by atoms with Crippen molar-refractivity contribution >= 4 is 30.0 Å². The van der Waals surface area contributed by atoms with Crippen LogP contribution in [0.3, 0.4) is 0 Å². The van der Waals surface area contributed by atoms with Gasteiger partial charge in [0.1, 0.15) is 33.5 Å². The zero-order valence-electron chi connectivity index (χ0n) is 54.0. The molecule has 11 nitrogen and oxygen atoms in total. The van der Waals surface area contributed by atoms with Gasteiger partial charge < -0.3 is 19.6 Å². The van der Waals surface area contributed by atoms with Gasteiger partial charge in [0.15, 0.2) is 65.7 Å². The molecular formula is C70H87BN11+3. The summed E-state index contributed by atoms with van der Waals surface area (Å²) >= 11 is 0. The minimum Gasteiger partial charge on any atom is -0.338 e. The fourth-order valence-corrected chi connectivity index (χ4v) is 13.2. The van der Waals surface area contributed by atoms with Crippen LogP contribution in [-0.4, -0.2) is 65.0 Å². The third-order valence-electron chi connectivity index (χ3n) is 19.3. The molecule has 422 valence electrons. The minimum atomic E-state index is -2.03. The summed E-state index contributed by atoms with van der Waals surface area (Å²) in [5.41, 5.74) is 16.2. The van der Waals surface area contributed by atoms with Crippen molar-refractivity contribution in [1.82, 2.24) is 19.9 Å². The molecule has 8 aromatic rings. The van der Waals surface area contributed by atoms with E-state index in [0.29, 0.717) is 30.1 Å². The van der Waals surface area contributed by atoms with Gasteiger partial charge in [-0.25, -0.2) is 33.6 Å². The second kappa shape index (κ2) is 23.1. The van der Waals surface area contributed by atoms with Crippen LogP contribution < -0.4 is 33.3 Å². The van der Waals surface area contributed by atoms with Crippen LogP contribution in [0, 0.1) is 45.4 Å².